The van der Waals surface area contributed by atoms with Crippen LogP contribution in [-0.4, -0.2) is 67.2 Å². The van der Waals surface area contributed by atoms with Crippen LogP contribution < -0.4 is 0 Å². The van der Waals surface area contributed by atoms with E-state index in [2.05, 4.69) is 0 Å². The summed E-state index contributed by atoms with van der Waals surface area (Å²) in [4.78, 5) is 1.70. The number of nitrogens with zero attached hydrogens (tertiary/aromatic N) is 2. The van der Waals surface area contributed by atoms with E-state index >= 15 is 0 Å². The Balaban J connectivity index is 1.68. The molecule has 1 N–H and O–H groups in total. The fourth-order valence-corrected chi connectivity index (χ4v) is 5.86. The lowest BCUT2D eigenvalue weighted by Gasteiger charge is -2.42. The number of aliphatic hydroxyl groups is 1. The Kier molecular flexibility index (Phi) is 4.19. The van der Waals surface area contributed by atoms with Gasteiger partial charge in [0.05, 0.1) is 24.9 Å². The number of likely N-dealkylation sites (tertiary alicyclic amines) is 1. The zero-order valence-corrected chi connectivity index (χ0v) is 15.6. The Morgan fingerprint density at radius 1 is 1.12 bits per heavy atom. The Hall–Kier alpha value is -1.09. The Morgan fingerprint density at radius 3 is 2.35 bits per heavy atom. The van der Waals surface area contributed by atoms with Crippen LogP contribution in [0.15, 0.2) is 24.3 Å². The van der Waals surface area contributed by atoms with Crippen LogP contribution in [0.4, 0.5) is 8.78 Å². The molecule has 2 atom stereocenters. The first-order valence-electron chi connectivity index (χ1n) is 8.99. The molecule has 0 aromatic heterocycles. The van der Waals surface area contributed by atoms with Gasteiger partial charge in [-0.25, -0.2) is 21.5 Å². The molecule has 2 aliphatic heterocycles. The van der Waals surface area contributed by atoms with Crippen molar-refractivity contribution in [3.05, 3.63) is 35.4 Å². The van der Waals surface area contributed by atoms with Gasteiger partial charge < -0.3 is 5.11 Å². The normalized spacial score (nSPS) is 31.4. The first-order chi connectivity index (χ1) is 12.1. The minimum Gasteiger partial charge on any atom is -0.390 e. The monoisotopic (exact) mass is 386 g/mol. The van der Waals surface area contributed by atoms with E-state index in [0.29, 0.717) is 25.9 Å². The second kappa shape index (κ2) is 5.95. The molecular weight excluding hydrogens is 362 g/mol. The number of piperidine rings is 1. The van der Waals surface area contributed by atoms with Crippen LogP contribution in [0.2, 0.25) is 0 Å². The van der Waals surface area contributed by atoms with Crippen molar-refractivity contribution in [2.75, 3.05) is 32.4 Å². The van der Waals surface area contributed by atoms with Gasteiger partial charge in [-0.05, 0) is 24.0 Å². The number of rotatable bonds is 2. The van der Waals surface area contributed by atoms with Crippen LogP contribution >= 0.6 is 0 Å². The Labute approximate surface area is 152 Å². The molecule has 2 heterocycles. The van der Waals surface area contributed by atoms with Gasteiger partial charge in [0.25, 0.3) is 5.92 Å². The van der Waals surface area contributed by atoms with Gasteiger partial charge in [0.1, 0.15) is 0 Å². The van der Waals surface area contributed by atoms with Gasteiger partial charge in [0, 0.05) is 31.5 Å². The zero-order valence-electron chi connectivity index (χ0n) is 14.7. The minimum absolute atomic E-state index is 0.187. The van der Waals surface area contributed by atoms with Crippen molar-refractivity contribution in [2.24, 2.45) is 0 Å². The van der Waals surface area contributed by atoms with Crippen LogP contribution in [-0.2, 0) is 15.4 Å². The van der Waals surface area contributed by atoms with E-state index in [0.717, 1.165) is 11.1 Å². The van der Waals surface area contributed by atoms with E-state index in [1.54, 1.807) is 4.90 Å². The van der Waals surface area contributed by atoms with E-state index < -0.39 is 33.5 Å². The highest BCUT2D eigenvalue weighted by molar-refractivity contribution is 7.88. The van der Waals surface area contributed by atoms with E-state index in [9.17, 15) is 22.3 Å². The van der Waals surface area contributed by atoms with Gasteiger partial charge in [0.15, 0.2) is 0 Å². The summed E-state index contributed by atoms with van der Waals surface area (Å²) in [7, 11) is -3.27. The van der Waals surface area contributed by atoms with Crippen LogP contribution in [0.5, 0.6) is 0 Å². The van der Waals surface area contributed by atoms with Crippen molar-refractivity contribution in [3.8, 4) is 0 Å². The number of alkyl halides is 2. The number of benzene rings is 1. The number of fused-ring (bicyclic) bond motifs is 2. The molecule has 8 heteroatoms. The molecule has 1 aromatic rings. The van der Waals surface area contributed by atoms with Crippen molar-refractivity contribution in [2.45, 2.75) is 42.7 Å². The molecule has 0 amide bonds. The van der Waals surface area contributed by atoms with Crippen molar-refractivity contribution in [1.82, 2.24) is 9.21 Å². The standard InChI is InChI=1S/C18H24F2N2O3S/c1-26(24,25)22-10-6-17(7-11-22)14-5-3-2-4-13(14)15(16(17)23)21-9-8-18(19,20)12-21/h2-5,15-16,23H,6-12H2,1H3/t15-,16+/m1/s1. The third-order valence-electron chi connectivity index (χ3n) is 6.36. The molecular formula is C18H24F2N2O3S. The molecule has 2 fully saturated rings. The SMILES string of the molecule is CS(=O)(=O)N1CCC2(CC1)c1ccccc1[C@@H](N1CCC(F)(F)C1)[C@@H]2O. The van der Waals surface area contributed by atoms with E-state index in [4.69, 9.17) is 0 Å². The zero-order chi connectivity index (χ0) is 18.7. The largest absolute Gasteiger partial charge is 0.390 e. The number of hydrogen-bond donors (Lipinski definition) is 1. The highest BCUT2D eigenvalue weighted by Gasteiger charge is 2.56. The lowest BCUT2D eigenvalue weighted by molar-refractivity contribution is -0.0254. The molecule has 0 bridgehead atoms. The van der Waals surface area contributed by atoms with Crippen LogP contribution in [0.1, 0.15) is 36.4 Å². The van der Waals surface area contributed by atoms with E-state index in [1.807, 2.05) is 24.3 Å². The fourth-order valence-electron chi connectivity index (χ4n) is 5.02. The van der Waals surface area contributed by atoms with Crippen molar-refractivity contribution < 1.29 is 22.3 Å². The molecule has 5 nitrogen and oxygen atoms in total. The van der Waals surface area contributed by atoms with Crippen LogP contribution in [0.25, 0.3) is 0 Å². The lowest BCUT2D eigenvalue weighted by Crippen LogP contribution is -2.50. The molecule has 4 rings (SSSR count). The van der Waals surface area contributed by atoms with Crippen molar-refractivity contribution in [3.63, 3.8) is 0 Å². The maximum absolute atomic E-state index is 13.8. The molecule has 1 aromatic carbocycles. The van der Waals surface area contributed by atoms with Gasteiger partial charge in [-0.1, -0.05) is 24.3 Å². The summed E-state index contributed by atoms with van der Waals surface area (Å²) in [5, 5.41) is 11.3. The first-order valence-corrected chi connectivity index (χ1v) is 10.8. The second-order valence-electron chi connectivity index (χ2n) is 7.87. The third kappa shape index (κ3) is 2.78. The number of aliphatic hydroxyl groups excluding tert-OH is 1. The number of halogens is 2. The van der Waals surface area contributed by atoms with Gasteiger partial charge in [-0.15, -0.1) is 0 Å². The summed E-state index contributed by atoms with van der Waals surface area (Å²) in [5.74, 6) is -2.72. The number of sulfonamides is 1. The van der Waals surface area contributed by atoms with Crippen molar-refractivity contribution in [1.29, 1.82) is 0 Å². The molecule has 1 spiro atoms. The Bertz CT molecular complexity index is 806. The summed E-state index contributed by atoms with van der Waals surface area (Å²) in [6.45, 7) is 0.601. The number of hydrogen-bond acceptors (Lipinski definition) is 4. The van der Waals surface area contributed by atoms with E-state index in [-0.39, 0.29) is 19.5 Å². The summed E-state index contributed by atoms with van der Waals surface area (Å²) >= 11 is 0. The summed E-state index contributed by atoms with van der Waals surface area (Å²) in [6.07, 6.45) is 1.19. The predicted octanol–water partition coefficient (Wildman–Crippen LogP) is 1.74. The molecule has 26 heavy (non-hydrogen) atoms. The molecule has 2 saturated heterocycles. The maximum Gasteiger partial charge on any atom is 0.261 e. The highest BCUT2D eigenvalue weighted by Crippen LogP contribution is 2.54. The van der Waals surface area contributed by atoms with Crippen LogP contribution in [0.3, 0.4) is 0 Å². The van der Waals surface area contributed by atoms with Gasteiger partial charge in [0.2, 0.25) is 10.0 Å². The summed E-state index contributed by atoms with van der Waals surface area (Å²) < 4.78 is 52.6. The van der Waals surface area contributed by atoms with Gasteiger partial charge in [-0.2, -0.15) is 0 Å². The molecule has 0 radical (unpaired) electrons. The minimum atomic E-state index is -3.27. The van der Waals surface area contributed by atoms with Crippen molar-refractivity contribution >= 4 is 10.0 Å². The predicted molar refractivity (Wildman–Crippen MR) is 93.7 cm³/mol. The molecule has 0 saturated carbocycles. The molecule has 144 valence electrons. The first kappa shape index (κ1) is 18.3. The molecule has 1 aliphatic carbocycles. The van der Waals surface area contributed by atoms with E-state index in [1.165, 1.54) is 10.6 Å². The van der Waals surface area contributed by atoms with Gasteiger partial charge >= 0.3 is 0 Å². The molecule has 0 unspecified atom stereocenters. The van der Waals surface area contributed by atoms with Crippen LogP contribution in [0, 0.1) is 0 Å². The highest BCUT2D eigenvalue weighted by atomic mass is 32.2. The Morgan fingerprint density at radius 2 is 1.77 bits per heavy atom. The topological polar surface area (TPSA) is 60.9 Å². The maximum atomic E-state index is 13.8. The fraction of sp³-hybridized carbons (Fsp3) is 0.667. The smallest absolute Gasteiger partial charge is 0.261 e. The quantitative estimate of drug-likeness (QED) is 0.841. The third-order valence-corrected chi connectivity index (χ3v) is 7.66. The average molecular weight is 386 g/mol. The lowest BCUT2D eigenvalue weighted by atomic mass is 9.72. The summed E-state index contributed by atoms with van der Waals surface area (Å²) in [6, 6.07) is 7.19. The second-order valence-corrected chi connectivity index (χ2v) is 9.85. The average Bonchev–Trinajstić information content (AvgIpc) is 3.04. The molecule has 3 aliphatic rings. The van der Waals surface area contributed by atoms with Gasteiger partial charge in [-0.3, -0.25) is 4.90 Å². The summed E-state index contributed by atoms with van der Waals surface area (Å²) in [5.41, 5.74) is 1.33.